The number of amides is 1. The van der Waals surface area contributed by atoms with Crippen LogP contribution in [0.3, 0.4) is 0 Å². The molecule has 1 amide bonds. The molecule has 0 spiro atoms. The third-order valence-corrected chi connectivity index (χ3v) is 3.35. The molecule has 1 rings (SSSR count). The van der Waals surface area contributed by atoms with Crippen LogP contribution in [0.1, 0.15) is 12.5 Å². The van der Waals surface area contributed by atoms with E-state index in [1.807, 2.05) is 6.92 Å². The van der Waals surface area contributed by atoms with Gasteiger partial charge in [0.25, 0.3) is 0 Å². The van der Waals surface area contributed by atoms with Gasteiger partial charge >= 0.3 is 0 Å². The summed E-state index contributed by atoms with van der Waals surface area (Å²) in [4.78, 5) is 11.9. The summed E-state index contributed by atoms with van der Waals surface area (Å²) in [5, 5.41) is 3.71. The minimum absolute atomic E-state index is 0.134. The van der Waals surface area contributed by atoms with Gasteiger partial charge in [-0.3, -0.25) is 4.79 Å². The molecule has 0 saturated heterocycles. The van der Waals surface area contributed by atoms with Crippen LogP contribution in [-0.2, 0) is 20.7 Å². The van der Waals surface area contributed by atoms with E-state index in [1.54, 1.807) is 18.2 Å². The number of nitrogens with one attached hydrogen (secondary N) is 1. The van der Waals surface area contributed by atoms with Crippen LogP contribution in [0.2, 0.25) is 10.0 Å². The highest BCUT2D eigenvalue weighted by atomic mass is 35.5. The number of methoxy groups -OCH3 is 2. The summed E-state index contributed by atoms with van der Waals surface area (Å²) in [5.74, 6) is -0.134. The second-order valence-electron chi connectivity index (χ2n) is 4.12. The Morgan fingerprint density at radius 1 is 1.26 bits per heavy atom. The molecule has 19 heavy (non-hydrogen) atoms. The minimum Gasteiger partial charge on any atom is -0.354 e. The van der Waals surface area contributed by atoms with Gasteiger partial charge in [-0.1, -0.05) is 29.3 Å². The smallest absolute Gasteiger partial charge is 0.224 e. The number of carbonyl (C=O) groups excluding carboxylic acids is 1. The second-order valence-corrected chi connectivity index (χ2v) is 4.94. The van der Waals surface area contributed by atoms with Crippen LogP contribution in [0.15, 0.2) is 18.2 Å². The van der Waals surface area contributed by atoms with Crippen LogP contribution in [-0.4, -0.2) is 32.5 Å². The Morgan fingerprint density at radius 2 is 1.89 bits per heavy atom. The molecular weight excluding hydrogens is 289 g/mol. The summed E-state index contributed by atoms with van der Waals surface area (Å²) in [5.41, 5.74) is 0.797. The van der Waals surface area contributed by atoms with E-state index in [4.69, 9.17) is 32.7 Å². The number of hydrogen-bond acceptors (Lipinski definition) is 3. The van der Waals surface area contributed by atoms with Crippen LogP contribution in [0.4, 0.5) is 0 Å². The number of hydrogen-bond donors (Lipinski definition) is 1. The van der Waals surface area contributed by atoms with Gasteiger partial charge in [-0.2, -0.15) is 0 Å². The average Bonchev–Trinajstić information content (AvgIpc) is 2.35. The third-order valence-electron chi connectivity index (χ3n) is 2.61. The first-order valence-electron chi connectivity index (χ1n) is 5.76. The summed E-state index contributed by atoms with van der Waals surface area (Å²) in [7, 11) is 3.05. The van der Waals surface area contributed by atoms with Gasteiger partial charge in [0.05, 0.1) is 22.5 Å². The van der Waals surface area contributed by atoms with Gasteiger partial charge in [-0.05, 0) is 24.6 Å². The Morgan fingerprint density at radius 3 is 2.42 bits per heavy atom. The lowest BCUT2D eigenvalue weighted by atomic mass is 10.1. The third kappa shape index (κ3) is 4.99. The maximum absolute atomic E-state index is 11.9. The molecule has 0 fully saturated rings. The van der Waals surface area contributed by atoms with Crippen molar-refractivity contribution in [1.29, 1.82) is 0 Å². The van der Waals surface area contributed by atoms with Crippen molar-refractivity contribution in [3.8, 4) is 0 Å². The number of rotatable bonds is 6. The van der Waals surface area contributed by atoms with E-state index in [9.17, 15) is 4.79 Å². The summed E-state index contributed by atoms with van der Waals surface area (Å²) in [6, 6.07) is 4.87. The van der Waals surface area contributed by atoms with Gasteiger partial charge in [0, 0.05) is 14.2 Å². The van der Waals surface area contributed by atoms with Gasteiger partial charge in [-0.15, -0.1) is 0 Å². The molecule has 6 heteroatoms. The maximum atomic E-state index is 11.9. The molecule has 0 saturated carbocycles. The normalized spacial score (nSPS) is 12.5. The summed E-state index contributed by atoms with van der Waals surface area (Å²) in [6.07, 6.45) is -0.251. The van der Waals surface area contributed by atoms with Gasteiger partial charge in [0.1, 0.15) is 0 Å². The fraction of sp³-hybridized carbons (Fsp3) is 0.462. The standard InChI is InChI=1S/C13H17Cl2NO3/c1-8(13(18-2)19-3)16-12(17)7-9-4-5-10(14)11(15)6-9/h4-6,8,13H,7H2,1-3H3,(H,16,17). The zero-order valence-corrected chi connectivity index (χ0v) is 12.6. The molecular formula is C13H17Cl2NO3. The Labute approximate surface area is 123 Å². The van der Waals surface area contributed by atoms with Gasteiger partial charge in [0.15, 0.2) is 6.29 Å². The Hall–Kier alpha value is -0.810. The fourth-order valence-electron chi connectivity index (χ4n) is 1.71. The highest BCUT2D eigenvalue weighted by Crippen LogP contribution is 2.22. The number of benzene rings is 1. The van der Waals surface area contributed by atoms with Crippen molar-refractivity contribution < 1.29 is 14.3 Å². The Bertz CT molecular complexity index is 436. The maximum Gasteiger partial charge on any atom is 0.224 e. The molecule has 1 unspecified atom stereocenters. The van der Waals surface area contributed by atoms with E-state index in [0.717, 1.165) is 5.56 Å². The van der Waals surface area contributed by atoms with Crippen LogP contribution >= 0.6 is 23.2 Å². The van der Waals surface area contributed by atoms with Gasteiger partial charge < -0.3 is 14.8 Å². The number of ether oxygens (including phenoxy) is 2. The van der Waals surface area contributed by atoms with Crippen molar-refractivity contribution in [3.05, 3.63) is 33.8 Å². The minimum atomic E-state index is -0.474. The first-order chi connectivity index (χ1) is 8.97. The highest BCUT2D eigenvalue weighted by Gasteiger charge is 2.18. The molecule has 0 aliphatic carbocycles. The predicted molar refractivity (Wildman–Crippen MR) is 75.6 cm³/mol. The molecule has 0 bridgehead atoms. The van der Waals surface area contributed by atoms with Crippen molar-refractivity contribution in [1.82, 2.24) is 5.32 Å². The lowest BCUT2D eigenvalue weighted by molar-refractivity contribution is -0.135. The lowest BCUT2D eigenvalue weighted by Crippen LogP contribution is -2.43. The lowest BCUT2D eigenvalue weighted by Gasteiger charge is -2.22. The fourth-order valence-corrected chi connectivity index (χ4v) is 2.03. The van der Waals surface area contributed by atoms with Gasteiger partial charge in [0.2, 0.25) is 5.91 Å². The molecule has 0 heterocycles. The van der Waals surface area contributed by atoms with Crippen LogP contribution < -0.4 is 5.32 Å². The molecule has 0 aliphatic rings. The monoisotopic (exact) mass is 305 g/mol. The quantitative estimate of drug-likeness (QED) is 0.822. The van der Waals surface area contributed by atoms with Crippen molar-refractivity contribution in [2.24, 2.45) is 0 Å². The first-order valence-corrected chi connectivity index (χ1v) is 6.52. The van der Waals surface area contributed by atoms with Crippen LogP contribution in [0.5, 0.6) is 0 Å². The van der Waals surface area contributed by atoms with E-state index < -0.39 is 6.29 Å². The van der Waals surface area contributed by atoms with E-state index in [-0.39, 0.29) is 18.4 Å². The van der Waals surface area contributed by atoms with Crippen LogP contribution in [0, 0.1) is 0 Å². The second kappa shape index (κ2) is 7.70. The molecule has 1 aromatic carbocycles. The Kier molecular flexibility index (Phi) is 6.58. The summed E-state index contributed by atoms with van der Waals surface area (Å²) in [6.45, 7) is 1.81. The molecule has 106 valence electrons. The summed E-state index contributed by atoms with van der Waals surface area (Å²) < 4.78 is 10.1. The SMILES string of the molecule is COC(OC)C(C)NC(=O)Cc1ccc(Cl)c(Cl)c1. The molecule has 1 atom stereocenters. The molecule has 1 aromatic rings. The van der Waals surface area contributed by atoms with Crippen molar-refractivity contribution in [2.45, 2.75) is 25.7 Å². The molecule has 4 nitrogen and oxygen atoms in total. The zero-order valence-electron chi connectivity index (χ0n) is 11.1. The molecule has 0 aliphatic heterocycles. The number of halogens is 2. The van der Waals surface area contributed by atoms with Crippen molar-refractivity contribution in [2.75, 3.05) is 14.2 Å². The molecule has 1 N–H and O–H groups in total. The van der Waals surface area contributed by atoms with E-state index in [2.05, 4.69) is 5.32 Å². The van der Waals surface area contributed by atoms with Crippen molar-refractivity contribution in [3.63, 3.8) is 0 Å². The van der Waals surface area contributed by atoms with Crippen LogP contribution in [0.25, 0.3) is 0 Å². The van der Waals surface area contributed by atoms with Crippen molar-refractivity contribution >= 4 is 29.1 Å². The first kappa shape index (κ1) is 16.2. The zero-order chi connectivity index (χ0) is 14.4. The number of carbonyl (C=O) groups is 1. The largest absolute Gasteiger partial charge is 0.354 e. The van der Waals surface area contributed by atoms with E-state index >= 15 is 0 Å². The summed E-state index contributed by atoms with van der Waals surface area (Å²) >= 11 is 11.7. The topological polar surface area (TPSA) is 47.6 Å². The van der Waals surface area contributed by atoms with Gasteiger partial charge in [-0.25, -0.2) is 0 Å². The van der Waals surface area contributed by atoms with E-state index in [1.165, 1.54) is 14.2 Å². The average molecular weight is 306 g/mol. The predicted octanol–water partition coefficient (Wildman–Crippen LogP) is 2.66. The molecule has 0 radical (unpaired) electrons. The Balaban J connectivity index is 2.57. The highest BCUT2D eigenvalue weighted by molar-refractivity contribution is 6.42. The van der Waals surface area contributed by atoms with E-state index in [0.29, 0.717) is 10.0 Å². The molecule has 0 aromatic heterocycles.